The van der Waals surface area contributed by atoms with Crippen molar-refractivity contribution in [3.63, 3.8) is 0 Å². The number of benzene rings is 2. The van der Waals surface area contributed by atoms with Gasteiger partial charge in [-0.25, -0.2) is 8.93 Å². The summed E-state index contributed by atoms with van der Waals surface area (Å²) in [5.41, 5.74) is 4.28. The minimum absolute atomic E-state index is 0.0420. The van der Waals surface area contributed by atoms with Crippen molar-refractivity contribution in [1.82, 2.24) is 4.72 Å². The van der Waals surface area contributed by atoms with Crippen molar-refractivity contribution in [2.45, 2.75) is 107 Å². The Morgan fingerprint density at radius 1 is 0.788 bits per heavy atom. The third-order valence-electron chi connectivity index (χ3n) is 7.38. The molecule has 4 rings (SSSR count). The summed E-state index contributed by atoms with van der Waals surface area (Å²) >= 11 is 0. The van der Waals surface area contributed by atoms with Crippen LogP contribution in [-0.2, 0) is 11.0 Å². The second-order valence-electron chi connectivity index (χ2n) is 10.9. The fraction of sp³-hybridized carbons (Fsp3) is 0.586. The highest BCUT2D eigenvalue weighted by molar-refractivity contribution is 7.84. The first kappa shape index (κ1) is 25.1. The minimum atomic E-state index is -1.14. The maximum atomic E-state index is 13.3. The lowest BCUT2D eigenvalue weighted by atomic mass is 9.99. The first-order valence-electron chi connectivity index (χ1n) is 13.1. The summed E-state index contributed by atoms with van der Waals surface area (Å²) in [5, 5.41) is 1.58. The van der Waals surface area contributed by atoms with Gasteiger partial charge in [-0.2, -0.15) is 0 Å². The average molecular weight is 484 g/mol. The van der Waals surface area contributed by atoms with Crippen LogP contribution in [0.4, 0.5) is 0 Å². The molecule has 180 valence electrons. The van der Waals surface area contributed by atoms with E-state index in [0.717, 1.165) is 11.3 Å². The van der Waals surface area contributed by atoms with Gasteiger partial charge in [0.2, 0.25) is 0 Å². The first-order chi connectivity index (χ1) is 15.9. The molecule has 0 bridgehead atoms. The Labute approximate surface area is 205 Å². The Morgan fingerprint density at radius 2 is 1.30 bits per heavy atom. The van der Waals surface area contributed by atoms with Crippen molar-refractivity contribution in [2.75, 3.05) is 0 Å². The van der Waals surface area contributed by atoms with Crippen LogP contribution in [-0.4, -0.2) is 20.3 Å². The Hall–Kier alpha value is -1.02. The summed E-state index contributed by atoms with van der Waals surface area (Å²) in [6.07, 6.45) is 14.0. The predicted octanol–water partition coefficient (Wildman–Crippen LogP) is 7.60. The highest BCUT2D eigenvalue weighted by Crippen LogP contribution is 2.56. The summed E-state index contributed by atoms with van der Waals surface area (Å²) in [6, 6.07) is 19.8. The molecule has 2 aromatic rings. The molecular formula is C29H42NOPS. The lowest BCUT2D eigenvalue weighted by Crippen LogP contribution is -2.38. The van der Waals surface area contributed by atoms with E-state index in [0.29, 0.717) is 0 Å². The second-order valence-corrected chi connectivity index (χ2v) is 15.6. The molecule has 2 saturated carbocycles. The molecule has 2 aromatic carbocycles. The summed E-state index contributed by atoms with van der Waals surface area (Å²) in [4.78, 5) is 0. The van der Waals surface area contributed by atoms with E-state index in [9.17, 15) is 4.21 Å². The van der Waals surface area contributed by atoms with Gasteiger partial charge >= 0.3 is 0 Å². The van der Waals surface area contributed by atoms with E-state index in [-0.39, 0.29) is 18.7 Å². The van der Waals surface area contributed by atoms with E-state index in [4.69, 9.17) is 0 Å². The molecule has 2 aliphatic rings. The Balaban J connectivity index is 1.77. The van der Waals surface area contributed by atoms with Gasteiger partial charge in [-0.1, -0.05) is 101 Å². The first-order valence-corrected chi connectivity index (χ1v) is 15.7. The smallest absolute Gasteiger partial charge is 0.0979 e. The molecule has 0 amide bonds. The molecule has 0 spiro atoms. The molecule has 2 aliphatic carbocycles. The summed E-state index contributed by atoms with van der Waals surface area (Å²) in [5.74, 6) is 0. The molecule has 2 atom stereocenters. The average Bonchev–Trinajstić information content (AvgIpc) is 2.84. The normalized spacial score (nSPS) is 20.6. The lowest BCUT2D eigenvalue weighted by molar-refractivity contribution is 0.487. The van der Waals surface area contributed by atoms with E-state index < -0.39 is 11.0 Å². The van der Waals surface area contributed by atoms with E-state index in [2.05, 4.69) is 80.1 Å². The van der Waals surface area contributed by atoms with Crippen LogP contribution in [0.15, 0.2) is 54.6 Å². The van der Waals surface area contributed by atoms with E-state index in [1.54, 1.807) is 5.30 Å². The van der Waals surface area contributed by atoms with Crippen molar-refractivity contribution >= 4 is 24.2 Å². The van der Waals surface area contributed by atoms with Crippen LogP contribution >= 0.6 is 7.92 Å². The fourth-order valence-corrected chi connectivity index (χ4v) is 10.4. The van der Waals surface area contributed by atoms with E-state index >= 15 is 0 Å². The number of nitrogens with one attached hydrogen (secondary N) is 1. The molecule has 2 fully saturated rings. The van der Waals surface area contributed by atoms with Gasteiger partial charge in [-0.05, 0) is 74.2 Å². The summed E-state index contributed by atoms with van der Waals surface area (Å²) < 4.78 is 16.6. The zero-order chi connectivity index (χ0) is 23.3. The van der Waals surface area contributed by atoms with Crippen LogP contribution in [0, 0.1) is 0 Å². The van der Waals surface area contributed by atoms with Crippen molar-refractivity contribution in [3.8, 4) is 0 Å². The summed E-state index contributed by atoms with van der Waals surface area (Å²) in [7, 11) is -1.37. The molecule has 2 nitrogen and oxygen atoms in total. The van der Waals surface area contributed by atoms with Crippen LogP contribution in [0.1, 0.15) is 102 Å². The van der Waals surface area contributed by atoms with Crippen LogP contribution < -0.4 is 10.0 Å². The van der Waals surface area contributed by atoms with Crippen molar-refractivity contribution < 1.29 is 4.21 Å². The van der Waals surface area contributed by atoms with Gasteiger partial charge in [0.05, 0.1) is 21.8 Å². The molecular weight excluding hydrogens is 441 g/mol. The molecule has 0 aliphatic heterocycles. The Bertz CT molecular complexity index is 879. The molecule has 0 saturated heterocycles. The molecule has 1 N–H and O–H groups in total. The molecule has 4 heteroatoms. The largest absolute Gasteiger partial charge is 0.242 e. The van der Waals surface area contributed by atoms with Gasteiger partial charge in [-0.3, -0.25) is 0 Å². The Morgan fingerprint density at radius 3 is 1.85 bits per heavy atom. The third kappa shape index (κ3) is 6.36. The topological polar surface area (TPSA) is 29.1 Å². The number of hydrogen-bond donors (Lipinski definition) is 1. The SMILES string of the molecule is CC(C)(C)[S@](=O)N[C@H](c1ccccc1)c1ccccc1P(C1CCCCC1)C1CCCCC1. The fourth-order valence-electron chi connectivity index (χ4n) is 5.62. The van der Waals surface area contributed by atoms with Crippen molar-refractivity contribution in [2.24, 2.45) is 0 Å². The predicted molar refractivity (Wildman–Crippen MR) is 146 cm³/mol. The second kappa shape index (κ2) is 11.6. The maximum Gasteiger partial charge on any atom is 0.0979 e. The highest BCUT2D eigenvalue weighted by Gasteiger charge is 2.35. The van der Waals surface area contributed by atoms with Crippen LogP contribution in [0.3, 0.4) is 0 Å². The zero-order valence-corrected chi connectivity index (χ0v) is 22.5. The zero-order valence-electron chi connectivity index (χ0n) is 20.8. The maximum absolute atomic E-state index is 13.3. The summed E-state index contributed by atoms with van der Waals surface area (Å²) in [6.45, 7) is 6.17. The van der Waals surface area contributed by atoms with Gasteiger partial charge in [0, 0.05) is 0 Å². The number of rotatable bonds is 7. The van der Waals surface area contributed by atoms with Gasteiger partial charge in [-0.15, -0.1) is 0 Å². The Kier molecular flexibility index (Phi) is 8.82. The van der Waals surface area contributed by atoms with Crippen LogP contribution in [0.25, 0.3) is 0 Å². The molecule has 0 heterocycles. The standard InChI is InChI=1S/C29H42NOPS/c1-29(2,3)33(31)30-28(23-15-7-4-8-16-23)26-21-13-14-22-27(26)32(24-17-9-5-10-18-24)25-19-11-6-12-20-25/h4,7-8,13-16,21-22,24-25,28,30H,5-6,9-12,17-20H2,1-3H3/t28-,33+/m1/s1. The van der Waals surface area contributed by atoms with Crippen LogP contribution in [0.2, 0.25) is 0 Å². The van der Waals surface area contributed by atoms with Gasteiger partial charge in [0.15, 0.2) is 0 Å². The van der Waals surface area contributed by atoms with Crippen molar-refractivity contribution in [1.29, 1.82) is 0 Å². The molecule has 0 aromatic heterocycles. The van der Waals surface area contributed by atoms with Crippen LogP contribution in [0.5, 0.6) is 0 Å². The van der Waals surface area contributed by atoms with Gasteiger partial charge < -0.3 is 0 Å². The highest BCUT2D eigenvalue weighted by atomic mass is 32.2. The number of hydrogen-bond acceptors (Lipinski definition) is 1. The molecule has 0 unspecified atom stereocenters. The van der Waals surface area contributed by atoms with Crippen molar-refractivity contribution in [3.05, 3.63) is 65.7 Å². The molecule has 0 radical (unpaired) electrons. The molecule has 33 heavy (non-hydrogen) atoms. The monoisotopic (exact) mass is 483 g/mol. The quantitative estimate of drug-likeness (QED) is 0.404. The van der Waals surface area contributed by atoms with Gasteiger partial charge in [0.25, 0.3) is 0 Å². The third-order valence-corrected chi connectivity index (χ3v) is 12.5. The van der Waals surface area contributed by atoms with E-state index in [1.807, 2.05) is 0 Å². The minimum Gasteiger partial charge on any atom is -0.242 e. The van der Waals surface area contributed by atoms with E-state index in [1.165, 1.54) is 75.3 Å². The lowest BCUT2D eigenvalue weighted by Gasteiger charge is -2.40. The van der Waals surface area contributed by atoms with Gasteiger partial charge in [0.1, 0.15) is 0 Å².